The molecule has 0 aliphatic rings. The normalized spacial score (nSPS) is 4.00. The van der Waals surface area contributed by atoms with Crippen LogP contribution >= 0.6 is 0 Å². The zero-order chi connectivity index (χ0) is 3.58. The van der Waals surface area contributed by atoms with E-state index in [2.05, 4.69) is 0 Å². The van der Waals surface area contributed by atoms with Crippen LogP contribution in [-0.4, -0.2) is 70.1 Å². The second kappa shape index (κ2) is 9.49. The molecule has 0 aromatic carbocycles. The van der Waals surface area contributed by atoms with E-state index in [4.69, 9.17) is 14.1 Å². The molecule has 0 aliphatic heterocycles. The zero-order valence-corrected chi connectivity index (χ0v) is 3.21. The number of hydrogen-bond acceptors (Lipinski definition) is 1. The van der Waals surface area contributed by atoms with E-state index in [1.807, 2.05) is 0 Å². The number of rotatable bonds is 0. The van der Waals surface area contributed by atoms with Crippen molar-refractivity contribution in [3.8, 4) is 0 Å². The fraction of sp³-hybridized carbons (Fsp3) is 0. The first-order valence-corrected chi connectivity index (χ1v) is 1.95. The van der Waals surface area contributed by atoms with Gasteiger partial charge in [-0.3, -0.25) is 9.17 Å². The van der Waals surface area contributed by atoms with E-state index in [-0.39, 0.29) is 56.1 Å². The van der Waals surface area contributed by atoms with Crippen LogP contribution in [0.2, 0.25) is 0 Å². The summed E-state index contributed by atoms with van der Waals surface area (Å²) in [7, 11) is -3.13. The number of hydrogen-bond donors (Lipinski definition) is 2. The second-order valence-electron chi connectivity index (χ2n) is 0.283. The third-order valence-electron chi connectivity index (χ3n) is 0. The molecular weight excluding hydrogens is 134 g/mol. The maximum absolute atomic E-state index is 8.74. The van der Waals surface area contributed by atoms with Crippen LogP contribution in [0.1, 0.15) is 0 Å². The van der Waals surface area contributed by atoms with Gasteiger partial charge in [0.05, 0.1) is 0 Å². The summed E-state index contributed by atoms with van der Waals surface area (Å²) in [6.07, 6.45) is 0. The second-order valence-corrected chi connectivity index (χ2v) is 0.848. The van der Waals surface area contributed by atoms with Crippen molar-refractivity contribution in [2.45, 2.75) is 0 Å². The fourth-order valence-corrected chi connectivity index (χ4v) is 0. The standard InChI is InChI=1S/FH.K.H2O3Si.H/c;;1-4(2)3;/h1H;;1-2H;. The van der Waals surface area contributed by atoms with E-state index in [1.54, 1.807) is 0 Å². The summed E-state index contributed by atoms with van der Waals surface area (Å²) in [4.78, 5) is 14.3. The van der Waals surface area contributed by atoms with Crippen LogP contribution in [0.3, 0.4) is 0 Å². The molecule has 6 heteroatoms. The van der Waals surface area contributed by atoms with Crippen LogP contribution in [0.5, 0.6) is 0 Å². The third-order valence-corrected chi connectivity index (χ3v) is 0. The summed E-state index contributed by atoms with van der Waals surface area (Å²) in [5, 5.41) is 0. The molecule has 0 saturated carbocycles. The molecule has 0 aliphatic carbocycles. The first-order chi connectivity index (χ1) is 1.73. The molecule has 0 spiro atoms. The Kier molecular flexibility index (Phi) is 24.8. The quantitative estimate of drug-likeness (QED) is 0.377. The zero-order valence-electron chi connectivity index (χ0n) is 2.21. The Balaban J connectivity index is -0.0000000450. The van der Waals surface area contributed by atoms with Gasteiger partial charge in [-0.05, 0) is 0 Å². The van der Waals surface area contributed by atoms with Gasteiger partial charge in [-0.2, -0.15) is 0 Å². The average Bonchev–Trinajstić information content (AvgIpc) is 0.811. The molecule has 0 radical (unpaired) electrons. The molecule has 0 fully saturated rings. The van der Waals surface area contributed by atoms with Crippen LogP contribution in [0, 0.1) is 0 Å². The van der Waals surface area contributed by atoms with Gasteiger partial charge in [-0.15, -0.1) is 0 Å². The van der Waals surface area contributed by atoms with Crippen LogP contribution < -0.4 is 0 Å². The Bertz CT molecular complexity index is 33.8. The van der Waals surface area contributed by atoms with E-state index in [1.165, 1.54) is 0 Å². The summed E-state index contributed by atoms with van der Waals surface area (Å²) in [5.41, 5.74) is 0. The molecule has 0 heterocycles. The predicted octanol–water partition coefficient (Wildman–Crippen LogP) is -2.11. The minimum absolute atomic E-state index is 0. The van der Waals surface area contributed by atoms with Crippen molar-refractivity contribution in [2.24, 2.45) is 0 Å². The molecule has 3 nitrogen and oxygen atoms in total. The molecule has 0 aromatic heterocycles. The average molecular weight is 138 g/mol. The van der Waals surface area contributed by atoms with Gasteiger partial charge >= 0.3 is 60.6 Å². The van der Waals surface area contributed by atoms with Gasteiger partial charge in [0.2, 0.25) is 0 Å². The Morgan fingerprint density at radius 1 is 1.33 bits per heavy atom. The van der Waals surface area contributed by atoms with E-state index >= 15 is 0 Å². The van der Waals surface area contributed by atoms with Crippen LogP contribution in [0.4, 0.5) is 4.70 Å². The van der Waals surface area contributed by atoms with Crippen molar-refractivity contribution in [3.05, 3.63) is 0 Å². The Morgan fingerprint density at radius 2 is 1.33 bits per heavy atom. The van der Waals surface area contributed by atoms with Crippen LogP contribution in [-0.2, 0) is 4.46 Å². The van der Waals surface area contributed by atoms with Crippen molar-refractivity contribution in [2.75, 3.05) is 0 Å². The van der Waals surface area contributed by atoms with Crippen molar-refractivity contribution in [1.29, 1.82) is 0 Å². The van der Waals surface area contributed by atoms with Gasteiger partial charge in [0.1, 0.15) is 0 Å². The first-order valence-electron chi connectivity index (χ1n) is 0.651. The van der Waals surface area contributed by atoms with Gasteiger partial charge < -0.3 is 9.59 Å². The van der Waals surface area contributed by atoms with E-state index in [0.29, 0.717) is 0 Å². The molecule has 0 rings (SSSR count). The molecular formula is H4FKO3Si. The molecule has 2 N–H and O–H groups in total. The topological polar surface area (TPSA) is 57.5 Å². The third kappa shape index (κ3) is 64.8. The molecule has 0 amide bonds. The fourth-order valence-electron chi connectivity index (χ4n) is 0. The van der Waals surface area contributed by atoms with Gasteiger partial charge in [0.15, 0.2) is 0 Å². The van der Waals surface area contributed by atoms with Crippen molar-refractivity contribution in [1.82, 2.24) is 0 Å². The van der Waals surface area contributed by atoms with Crippen molar-refractivity contribution >= 4 is 60.6 Å². The molecule has 0 unspecified atom stereocenters. The summed E-state index contributed by atoms with van der Waals surface area (Å²) in [6.45, 7) is 0. The summed E-state index contributed by atoms with van der Waals surface area (Å²) in [5.74, 6) is 0. The van der Waals surface area contributed by atoms with Crippen molar-refractivity contribution < 1.29 is 18.8 Å². The van der Waals surface area contributed by atoms with E-state index in [0.717, 1.165) is 0 Å². The summed E-state index contributed by atoms with van der Waals surface area (Å²) in [6, 6.07) is 0. The molecule has 6 heavy (non-hydrogen) atoms. The molecule has 0 saturated heterocycles. The SMILES string of the molecule is F.O=[Si](O)O.[KH]. The molecule has 0 atom stereocenters. The Hall–Kier alpha value is 1.18. The number of halogens is 1. The van der Waals surface area contributed by atoms with Gasteiger partial charge in [0.25, 0.3) is 0 Å². The predicted molar refractivity (Wildman–Crippen MR) is 20.5 cm³/mol. The Labute approximate surface area is 78.1 Å². The maximum atomic E-state index is 8.74. The van der Waals surface area contributed by atoms with Crippen molar-refractivity contribution in [3.63, 3.8) is 0 Å². The summed E-state index contributed by atoms with van der Waals surface area (Å²) >= 11 is 0. The molecule has 34 valence electrons. The van der Waals surface area contributed by atoms with E-state index in [9.17, 15) is 0 Å². The van der Waals surface area contributed by atoms with Crippen LogP contribution in [0.15, 0.2) is 0 Å². The first kappa shape index (κ1) is 15.7. The minimum atomic E-state index is -3.13. The van der Waals surface area contributed by atoms with Gasteiger partial charge in [-0.25, -0.2) is 0 Å². The Morgan fingerprint density at radius 3 is 1.33 bits per heavy atom. The summed E-state index contributed by atoms with van der Waals surface area (Å²) < 4.78 is 8.74. The molecule has 0 bridgehead atoms. The monoisotopic (exact) mass is 138 g/mol. The van der Waals surface area contributed by atoms with Gasteiger partial charge in [-0.1, -0.05) is 0 Å². The molecule has 0 aromatic rings. The van der Waals surface area contributed by atoms with E-state index < -0.39 is 9.17 Å². The van der Waals surface area contributed by atoms with Gasteiger partial charge in [0, 0.05) is 0 Å². The van der Waals surface area contributed by atoms with Crippen LogP contribution in [0.25, 0.3) is 0 Å².